The van der Waals surface area contributed by atoms with E-state index in [2.05, 4.69) is 4.98 Å². The Hall–Kier alpha value is -0.388. The van der Waals surface area contributed by atoms with Crippen molar-refractivity contribution in [2.75, 3.05) is 0 Å². The molecule has 0 spiro atoms. The highest BCUT2D eigenvalue weighted by Crippen LogP contribution is 1.91. The second kappa shape index (κ2) is 4.22. The van der Waals surface area contributed by atoms with E-state index in [1.54, 1.807) is 0 Å². The zero-order valence-electron chi connectivity index (χ0n) is 6.82. The first-order valence-corrected chi connectivity index (χ1v) is 5.54. The zero-order chi connectivity index (χ0) is 10.0. The molecular weight excluding hydrogens is 302 g/mol. The van der Waals surface area contributed by atoms with Crippen LogP contribution in [-0.2, 0) is 11.3 Å². The minimum absolute atomic E-state index is 0.275. The van der Waals surface area contributed by atoms with Crippen molar-refractivity contribution in [3.63, 3.8) is 0 Å². The Morgan fingerprint density at radius 3 is 2.92 bits per heavy atom. The van der Waals surface area contributed by atoms with Crippen molar-refractivity contribution in [2.24, 2.45) is 0 Å². The first-order valence-electron chi connectivity index (χ1n) is 3.46. The van der Waals surface area contributed by atoms with Crippen LogP contribution in [0.2, 0.25) is 0 Å². The molecule has 0 aliphatic rings. The number of rotatable bonds is 2. The highest BCUT2D eigenvalue weighted by atomic mass is 127. The lowest BCUT2D eigenvalue weighted by atomic mass is 10.6. The summed E-state index contributed by atoms with van der Waals surface area (Å²) in [6.07, 6.45) is 1.46. The van der Waals surface area contributed by atoms with E-state index in [0.29, 0.717) is 24.5 Å². The van der Waals surface area contributed by atoms with Gasteiger partial charge in [0, 0.05) is 10.9 Å². The highest BCUT2D eigenvalue weighted by molar-refractivity contribution is 14.1. The van der Waals surface area contributed by atoms with E-state index < -0.39 is 5.97 Å². The van der Waals surface area contributed by atoms with Gasteiger partial charge in [0.1, 0.15) is 6.54 Å². The third-order valence-corrected chi connectivity index (χ3v) is 3.04. The molecule has 0 amide bonds. The lowest BCUT2D eigenvalue weighted by Gasteiger charge is -2.06. The molecule has 0 aliphatic carbocycles. The number of halogens is 1. The van der Waals surface area contributed by atoms with E-state index in [4.69, 9.17) is 5.11 Å². The summed E-state index contributed by atoms with van der Waals surface area (Å²) in [4.78, 5) is 25.8. The van der Waals surface area contributed by atoms with Gasteiger partial charge < -0.3 is 9.67 Å². The van der Waals surface area contributed by atoms with Crippen LogP contribution in [0.4, 0.5) is 0 Å². The summed E-state index contributed by atoms with van der Waals surface area (Å²) in [5.74, 6) is -1.02. The van der Waals surface area contributed by atoms with Crippen molar-refractivity contribution < 1.29 is 9.90 Å². The van der Waals surface area contributed by atoms with Gasteiger partial charge in [-0.15, -0.1) is 0 Å². The van der Waals surface area contributed by atoms with Crippen LogP contribution >= 0.6 is 22.6 Å². The van der Waals surface area contributed by atoms with E-state index in [0.717, 1.165) is 0 Å². The van der Waals surface area contributed by atoms with Crippen LogP contribution in [-0.4, -0.2) is 36.9 Å². The lowest BCUT2D eigenvalue weighted by molar-refractivity contribution is -0.137. The third kappa shape index (κ3) is 2.53. The Bertz CT molecular complexity index is 403. The fourth-order valence-electron chi connectivity index (χ4n) is 0.872. The van der Waals surface area contributed by atoms with Gasteiger partial charge in [-0.2, -0.15) is 0 Å². The van der Waals surface area contributed by atoms with Crippen molar-refractivity contribution in [2.45, 2.75) is 6.54 Å². The number of nitrogens with zero attached hydrogens (tertiary/aromatic N) is 2. The predicted molar refractivity (Wildman–Crippen MR) is 57.0 cm³/mol. The topological polar surface area (TPSA) is 72.2 Å². The molecule has 0 aromatic carbocycles. The Kier molecular flexibility index (Phi) is 3.47. The first-order chi connectivity index (χ1) is 6.02. The Labute approximate surface area is 95.4 Å². The number of carbonyl (C=O) groups is 1. The van der Waals surface area contributed by atoms with Crippen LogP contribution in [0.1, 0.15) is 0 Å². The van der Waals surface area contributed by atoms with Gasteiger partial charge in [-0.3, -0.25) is 14.6 Å². The van der Waals surface area contributed by atoms with Crippen LogP contribution < -0.4 is 10.2 Å². The summed E-state index contributed by atoms with van der Waals surface area (Å²) in [5.41, 5.74) is -0.275. The molecule has 0 atom stereocenters. The molecule has 1 heterocycles. The largest absolute Gasteiger partial charge is 0.480 e. The second-order valence-corrected chi connectivity index (χ2v) is 4.50. The molecule has 68 valence electrons. The third-order valence-electron chi connectivity index (χ3n) is 1.50. The number of aliphatic carboxylic acids is 1. The SMILES string of the molecule is O=C(O)Cn1[c]([AlH2])ncc(I)c1=O. The van der Waals surface area contributed by atoms with Crippen molar-refractivity contribution in [1.82, 2.24) is 9.55 Å². The van der Waals surface area contributed by atoms with Crippen LogP contribution in [0.15, 0.2) is 11.0 Å². The number of carboxylic acid groups (broad SMARTS) is 1. The molecule has 1 aromatic rings. The van der Waals surface area contributed by atoms with Gasteiger partial charge in [0.25, 0.3) is 5.56 Å². The van der Waals surface area contributed by atoms with Crippen molar-refractivity contribution in [1.29, 1.82) is 0 Å². The normalized spacial score (nSPS) is 9.92. The van der Waals surface area contributed by atoms with Gasteiger partial charge >= 0.3 is 22.3 Å². The average Bonchev–Trinajstić information content (AvgIpc) is 2.05. The molecule has 1 N–H and O–H groups in total. The molecule has 0 radical (unpaired) electrons. The molecule has 0 fully saturated rings. The molecule has 0 aliphatic heterocycles. The van der Waals surface area contributed by atoms with E-state index in [1.807, 2.05) is 22.6 Å². The van der Waals surface area contributed by atoms with Crippen LogP contribution in [0.3, 0.4) is 0 Å². The van der Waals surface area contributed by atoms with E-state index in [1.165, 1.54) is 10.8 Å². The van der Waals surface area contributed by atoms with Crippen molar-refractivity contribution in [3.05, 3.63) is 20.1 Å². The molecule has 1 rings (SSSR count). The predicted octanol–water partition coefficient (Wildman–Crippen LogP) is -1.81. The maximum absolute atomic E-state index is 11.4. The number of aromatic nitrogens is 2. The van der Waals surface area contributed by atoms with Crippen LogP contribution in [0, 0.1) is 3.57 Å². The Morgan fingerprint density at radius 1 is 1.77 bits per heavy atom. The standard InChI is InChI=1S/C6H4IN2O3.Al.2H/c7-4-1-8-3-9(6(4)12)2-5(10)11;;;/h1H,2H2,(H,10,11);;;. The fourth-order valence-corrected chi connectivity index (χ4v) is 1.79. The van der Waals surface area contributed by atoms with Crippen molar-refractivity contribution >= 4 is 49.5 Å². The minimum Gasteiger partial charge on any atom is -0.480 e. The first kappa shape index (κ1) is 10.7. The molecular formula is C6H6AlIN2O3. The van der Waals surface area contributed by atoms with Gasteiger partial charge in [-0.05, 0) is 22.6 Å². The number of hydrogen-bond acceptors (Lipinski definition) is 3. The summed E-state index contributed by atoms with van der Waals surface area (Å²) in [6, 6.07) is 0. The van der Waals surface area contributed by atoms with Gasteiger partial charge in [0.2, 0.25) is 0 Å². The smallest absolute Gasteiger partial charge is 0.323 e. The lowest BCUT2D eigenvalue weighted by Crippen LogP contribution is -2.38. The maximum Gasteiger partial charge on any atom is 0.323 e. The van der Waals surface area contributed by atoms with E-state index >= 15 is 0 Å². The maximum atomic E-state index is 11.4. The molecule has 1 aromatic heterocycles. The fraction of sp³-hybridized carbons (Fsp3) is 0.167. The molecule has 0 unspecified atom stereocenters. The number of carboxylic acids is 1. The summed E-state index contributed by atoms with van der Waals surface area (Å²) < 4.78 is 2.18. The monoisotopic (exact) mass is 308 g/mol. The van der Waals surface area contributed by atoms with Crippen LogP contribution in [0.5, 0.6) is 0 Å². The summed E-state index contributed by atoms with van der Waals surface area (Å²) in [7, 11) is 0. The summed E-state index contributed by atoms with van der Waals surface area (Å²) in [6.45, 7) is -0.304. The minimum atomic E-state index is -1.02. The summed E-state index contributed by atoms with van der Waals surface area (Å²) >= 11 is 2.40. The average molecular weight is 308 g/mol. The van der Waals surface area contributed by atoms with Gasteiger partial charge in [-0.25, -0.2) is 0 Å². The molecule has 0 saturated heterocycles. The Balaban J connectivity index is 3.26. The molecule has 0 bridgehead atoms. The van der Waals surface area contributed by atoms with E-state index in [-0.39, 0.29) is 12.1 Å². The van der Waals surface area contributed by atoms with E-state index in [9.17, 15) is 9.59 Å². The van der Waals surface area contributed by atoms with Crippen molar-refractivity contribution in [3.8, 4) is 0 Å². The van der Waals surface area contributed by atoms with Crippen LogP contribution in [0.25, 0.3) is 0 Å². The molecule has 5 nitrogen and oxygen atoms in total. The quantitative estimate of drug-likeness (QED) is 0.516. The zero-order valence-corrected chi connectivity index (χ0v) is 11.0. The highest BCUT2D eigenvalue weighted by Gasteiger charge is 2.07. The molecule has 0 saturated carbocycles. The Morgan fingerprint density at radius 2 is 2.38 bits per heavy atom. The molecule has 13 heavy (non-hydrogen) atoms. The van der Waals surface area contributed by atoms with Gasteiger partial charge in [0.05, 0.1) is 3.57 Å². The van der Waals surface area contributed by atoms with Gasteiger partial charge in [-0.1, -0.05) is 0 Å². The molecule has 7 heteroatoms. The number of hydrogen-bond donors (Lipinski definition) is 1. The second-order valence-electron chi connectivity index (χ2n) is 2.44. The van der Waals surface area contributed by atoms with Gasteiger partial charge in [0.15, 0.2) is 0 Å². The summed E-state index contributed by atoms with van der Waals surface area (Å²) in [5, 5.41) is 8.53.